The molecule has 2 N–H and O–H groups in total. The molecule has 24 heavy (non-hydrogen) atoms. The first-order valence-corrected chi connectivity index (χ1v) is 7.43. The summed E-state index contributed by atoms with van der Waals surface area (Å²) >= 11 is 0. The molecule has 0 saturated heterocycles. The average molecular weight is 323 g/mol. The lowest BCUT2D eigenvalue weighted by molar-refractivity contribution is -0.131. The molecule has 0 heterocycles. The van der Waals surface area contributed by atoms with Crippen LogP contribution in [0.3, 0.4) is 0 Å². The van der Waals surface area contributed by atoms with Crippen molar-refractivity contribution in [3.63, 3.8) is 0 Å². The first-order valence-electron chi connectivity index (χ1n) is 7.43. The molecular weight excluding hydrogens is 309 g/mol. The summed E-state index contributed by atoms with van der Waals surface area (Å²) in [4.78, 5) is 24.8. The van der Waals surface area contributed by atoms with Crippen molar-refractivity contribution in [3.8, 4) is 6.07 Å². The van der Waals surface area contributed by atoms with Gasteiger partial charge in [0.2, 0.25) is 11.8 Å². The molecule has 2 aromatic rings. The number of benzene rings is 2. The van der Waals surface area contributed by atoms with Crippen molar-refractivity contribution in [1.82, 2.24) is 0 Å². The third-order valence-electron chi connectivity index (χ3n) is 4.01. The molecule has 0 unspecified atom stereocenters. The van der Waals surface area contributed by atoms with E-state index in [1.54, 1.807) is 30.3 Å². The molecule has 0 aliphatic heterocycles. The van der Waals surface area contributed by atoms with Gasteiger partial charge in [-0.25, -0.2) is 4.39 Å². The van der Waals surface area contributed by atoms with Crippen LogP contribution in [0.25, 0.3) is 0 Å². The zero-order chi connectivity index (χ0) is 17.2. The minimum Gasteiger partial charge on any atom is -0.325 e. The van der Waals surface area contributed by atoms with E-state index in [9.17, 15) is 14.0 Å². The monoisotopic (exact) mass is 323 g/mol. The van der Waals surface area contributed by atoms with E-state index in [4.69, 9.17) is 5.26 Å². The highest BCUT2D eigenvalue weighted by molar-refractivity contribution is 6.16. The van der Waals surface area contributed by atoms with E-state index in [0.29, 0.717) is 24.1 Å². The summed E-state index contributed by atoms with van der Waals surface area (Å²) in [6.07, 6.45) is 0.824. The van der Waals surface area contributed by atoms with Crippen molar-refractivity contribution in [2.24, 2.45) is 5.41 Å². The first kappa shape index (κ1) is 15.7. The summed E-state index contributed by atoms with van der Waals surface area (Å²) < 4.78 is 13.6. The zero-order valence-electron chi connectivity index (χ0n) is 12.7. The second-order valence-electron chi connectivity index (χ2n) is 5.66. The molecule has 120 valence electrons. The van der Waals surface area contributed by atoms with E-state index >= 15 is 0 Å². The van der Waals surface area contributed by atoms with Gasteiger partial charge < -0.3 is 10.6 Å². The van der Waals surface area contributed by atoms with Gasteiger partial charge in [0.15, 0.2) is 0 Å². The highest BCUT2D eigenvalue weighted by Crippen LogP contribution is 2.47. The normalized spacial score (nSPS) is 14.3. The quantitative estimate of drug-likeness (QED) is 0.848. The number of hydrogen-bond donors (Lipinski definition) is 2. The minimum absolute atomic E-state index is 0.0555. The largest absolute Gasteiger partial charge is 0.325 e. The summed E-state index contributed by atoms with van der Waals surface area (Å²) in [5.41, 5.74) is -0.133. The maximum absolute atomic E-state index is 13.6. The average Bonchev–Trinajstić information content (AvgIpc) is 3.39. The number of para-hydroxylation sites is 1. The Morgan fingerprint density at radius 1 is 1.00 bits per heavy atom. The Labute approximate surface area is 138 Å². The lowest BCUT2D eigenvalue weighted by Gasteiger charge is -2.15. The summed E-state index contributed by atoms with van der Waals surface area (Å²) in [6, 6.07) is 14.2. The Morgan fingerprint density at radius 3 is 2.21 bits per heavy atom. The van der Waals surface area contributed by atoms with Crippen LogP contribution in [0.2, 0.25) is 0 Å². The van der Waals surface area contributed by atoms with Gasteiger partial charge in [-0.1, -0.05) is 12.1 Å². The van der Waals surface area contributed by atoms with Crippen LogP contribution in [0.15, 0.2) is 48.5 Å². The molecule has 6 heteroatoms. The van der Waals surface area contributed by atoms with Gasteiger partial charge in [0.25, 0.3) is 0 Å². The van der Waals surface area contributed by atoms with E-state index in [-0.39, 0.29) is 5.69 Å². The molecule has 0 atom stereocenters. The second kappa shape index (κ2) is 6.13. The number of carbonyl (C=O) groups is 2. The van der Waals surface area contributed by atoms with Crippen molar-refractivity contribution >= 4 is 23.2 Å². The molecule has 2 aromatic carbocycles. The fraction of sp³-hybridized carbons (Fsp3) is 0.167. The molecule has 0 bridgehead atoms. The molecule has 1 aliphatic carbocycles. The fourth-order valence-corrected chi connectivity index (χ4v) is 2.37. The third-order valence-corrected chi connectivity index (χ3v) is 4.01. The maximum atomic E-state index is 13.6. The fourth-order valence-electron chi connectivity index (χ4n) is 2.37. The van der Waals surface area contributed by atoms with E-state index in [0.717, 1.165) is 0 Å². The van der Waals surface area contributed by atoms with Crippen LogP contribution in [0, 0.1) is 22.6 Å². The molecule has 1 aliphatic rings. The minimum atomic E-state index is -1.17. The molecule has 5 nitrogen and oxygen atoms in total. The number of carbonyl (C=O) groups excluding carboxylic acids is 2. The number of halogens is 1. The maximum Gasteiger partial charge on any atom is 0.240 e. The van der Waals surface area contributed by atoms with Crippen LogP contribution in [0.5, 0.6) is 0 Å². The zero-order valence-corrected chi connectivity index (χ0v) is 12.7. The Morgan fingerprint density at radius 2 is 1.62 bits per heavy atom. The Bertz CT molecular complexity index is 836. The van der Waals surface area contributed by atoms with Gasteiger partial charge in [-0.15, -0.1) is 0 Å². The van der Waals surface area contributed by atoms with Gasteiger partial charge in [0.05, 0.1) is 17.3 Å². The number of amides is 2. The van der Waals surface area contributed by atoms with Crippen LogP contribution >= 0.6 is 0 Å². The van der Waals surface area contributed by atoms with Crippen molar-refractivity contribution in [2.45, 2.75) is 12.8 Å². The molecule has 0 spiro atoms. The number of hydrogen-bond acceptors (Lipinski definition) is 3. The van der Waals surface area contributed by atoms with Crippen molar-refractivity contribution < 1.29 is 14.0 Å². The van der Waals surface area contributed by atoms with Crippen LogP contribution in [0.1, 0.15) is 18.4 Å². The van der Waals surface area contributed by atoms with Gasteiger partial charge in [-0.3, -0.25) is 9.59 Å². The first-order chi connectivity index (χ1) is 11.5. The van der Waals surface area contributed by atoms with Crippen LogP contribution in [-0.4, -0.2) is 11.8 Å². The van der Waals surface area contributed by atoms with Crippen LogP contribution in [0.4, 0.5) is 15.8 Å². The molecule has 1 saturated carbocycles. The molecule has 0 radical (unpaired) electrons. The van der Waals surface area contributed by atoms with Crippen LogP contribution < -0.4 is 10.6 Å². The van der Waals surface area contributed by atoms with E-state index in [1.165, 1.54) is 18.2 Å². The third kappa shape index (κ3) is 2.97. The standard InChI is InChI=1S/C18H14FN3O2/c19-14-3-1-2-4-15(14)22-17(24)18(9-10-18)16(23)21-13-7-5-12(11-20)6-8-13/h1-8H,9-10H2,(H,21,23)(H,22,24). The van der Waals surface area contributed by atoms with Crippen molar-refractivity contribution in [1.29, 1.82) is 5.26 Å². The highest BCUT2D eigenvalue weighted by atomic mass is 19.1. The topological polar surface area (TPSA) is 82.0 Å². The van der Waals surface area contributed by atoms with Gasteiger partial charge in [0, 0.05) is 5.69 Å². The van der Waals surface area contributed by atoms with Crippen molar-refractivity contribution in [2.75, 3.05) is 10.6 Å². The number of nitrogens with zero attached hydrogens (tertiary/aromatic N) is 1. The summed E-state index contributed by atoms with van der Waals surface area (Å²) in [6.45, 7) is 0. The second-order valence-corrected chi connectivity index (χ2v) is 5.66. The van der Waals surface area contributed by atoms with Crippen LogP contribution in [-0.2, 0) is 9.59 Å². The molecule has 3 rings (SSSR count). The van der Waals surface area contributed by atoms with Gasteiger partial charge in [0.1, 0.15) is 11.2 Å². The summed E-state index contributed by atoms with van der Waals surface area (Å²) in [5, 5.41) is 13.9. The van der Waals surface area contributed by atoms with Gasteiger partial charge in [-0.05, 0) is 49.2 Å². The number of anilines is 2. The van der Waals surface area contributed by atoms with Gasteiger partial charge >= 0.3 is 0 Å². The Hall–Kier alpha value is -3.20. The van der Waals surface area contributed by atoms with E-state index < -0.39 is 23.0 Å². The Kier molecular flexibility index (Phi) is 4.00. The predicted molar refractivity (Wildman–Crippen MR) is 86.5 cm³/mol. The highest BCUT2D eigenvalue weighted by Gasteiger charge is 2.56. The predicted octanol–water partition coefficient (Wildman–Crippen LogP) is 3.05. The number of nitrogens with one attached hydrogen (secondary N) is 2. The molecular formula is C18H14FN3O2. The molecule has 1 fully saturated rings. The van der Waals surface area contributed by atoms with Gasteiger partial charge in [-0.2, -0.15) is 5.26 Å². The SMILES string of the molecule is N#Cc1ccc(NC(=O)C2(C(=O)Nc3ccccc3F)CC2)cc1. The van der Waals surface area contributed by atoms with E-state index in [2.05, 4.69) is 10.6 Å². The smallest absolute Gasteiger partial charge is 0.240 e. The molecule has 0 aromatic heterocycles. The number of rotatable bonds is 4. The molecule has 2 amide bonds. The lowest BCUT2D eigenvalue weighted by Crippen LogP contribution is -2.35. The lowest BCUT2D eigenvalue weighted by atomic mass is 10.0. The summed E-state index contributed by atoms with van der Waals surface area (Å²) in [7, 11) is 0. The summed E-state index contributed by atoms with van der Waals surface area (Å²) in [5.74, 6) is -1.49. The number of nitriles is 1. The van der Waals surface area contributed by atoms with Crippen molar-refractivity contribution in [3.05, 3.63) is 59.9 Å². The Balaban J connectivity index is 1.70. The van der Waals surface area contributed by atoms with E-state index in [1.807, 2.05) is 6.07 Å².